The number of halogens is 2. The van der Waals surface area contributed by atoms with Crippen LogP contribution in [0.1, 0.15) is 11.1 Å². The maximum Gasteiger partial charge on any atom is 0.262 e. The lowest BCUT2D eigenvalue weighted by Crippen LogP contribution is -2.24. The highest BCUT2D eigenvalue weighted by Gasteiger charge is 2.13. The molecule has 0 amide bonds. The molecule has 28 heavy (non-hydrogen) atoms. The molecule has 3 aromatic carbocycles. The van der Waals surface area contributed by atoms with Gasteiger partial charge < -0.3 is 0 Å². The number of benzene rings is 3. The highest BCUT2D eigenvalue weighted by molar-refractivity contribution is 7.98. The molecular weight excluding hydrogens is 378 g/mol. The summed E-state index contributed by atoms with van der Waals surface area (Å²) in [6, 6.07) is 19.7. The maximum atomic E-state index is 14.0. The summed E-state index contributed by atoms with van der Waals surface area (Å²) < 4.78 is 28.7. The van der Waals surface area contributed by atoms with Gasteiger partial charge in [-0.15, -0.1) is 0 Å². The Balaban J connectivity index is 1.75. The van der Waals surface area contributed by atoms with E-state index < -0.39 is 0 Å². The van der Waals surface area contributed by atoms with Gasteiger partial charge in [-0.3, -0.25) is 9.36 Å². The third-order valence-electron chi connectivity index (χ3n) is 4.40. The van der Waals surface area contributed by atoms with Gasteiger partial charge >= 0.3 is 0 Å². The van der Waals surface area contributed by atoms with Crippen LogP contribution < -0.4 is 5.56 Å². The van der Waals surface area contributed by atoms with Crippen LogP contribution in [0.2, 0.25) is 0 Å². The largest absolute Gasteiger partial charge is 0.283 e. The second kappa shape index (κ2) is 7.94. The monoisotopic (exact) mass is 394 g/mol. The number of nitrogens with zero attached hydrogens (tertiary/aromatic N) is 2. The third kappa shape index (κ3) is 3.82. The average Bonchev–Trinajstić information content (AvgIpc) is 2.71. The Kier molecular flexibility index (Phi) is 5.21. The van der Waals surface area contributed by atoms with Crippen molar-refractivity contribution in [2.75, 3.05) is 0 Å². The Bertz CT molecular complexity index is 1190. The van der Waals surface area contributed by atoms with Gasteiger partial charge in [0.15, 0.2) is 5.16 Å². The van der Waals surface area contributed by atoms with Crippen molar-refractivity contribution in [1.82, 2.24) is 9.55 Å². The van der Waals surface area contributed by atoms with Crippen molar-refractivity contribution in [3.05, 3.63) is 106 Å². The first-order valence-corrected chi connectivity index (χ1v) is 9.70. The molecule has 0 N–H and O–H groups in total. The van der Waals surface area contributed by atoms with Gasteiger partial charge in [0.2, 0.25) is 0 Å². The molecule has 0 atom stereocenters. The highest BCUT2D eigenvalue weighted by atomic mass is 32.2. The van der Waals surface area contributed by atoms with E-state index in [1.807, 2.05) is 6.07 Å². The maximum absolute atomic E-state index is 14.0. The second-order valence-electron chi connectivity index (χ2n) is 6.31. The summed E-state index contributed by atoms with van der Waals surface area (Å²) in [5.74, 6) is -0.272. The van der Waals surface area contributed by atoms with E-state index >= 15 is 0 Å². The molecular formula is C22H16F2N2OS. The Morgan fingerprint density at radius 2 is 1.61 bits per heavy atom. The predicted molar refractivity (Wildman–Crippen MR) is 107 cm³/mol. The van der Waals surface area contributed by atoms with E-state index in [9.17, 15) is 13.6 Å². The van der Waals surface area contributed by atoms with E-state index in [0.29, 0.717) is 27.4 Å². The molecule has 1 heterocycles. The highest BCUT2D eigenvalue weighted by Crippen LogP contribution is 2.24. The minimum Gasteiger partial charge on any atom is -0.283 e. The molecule has 0 aliphatic carbocycles. The average molecular weight is 394 g/mol. The first-order chi connectivity index (χ1) is 13.6. The molecule has 4 aromatic rings. The smallest absolute Gasteiger partial charge is 0.262 e. The van der Waals surface area contributed by atoms with Crippen LogP contribution in [0.25, 0.3) is 10.9 Å². The summed E-state index contributed by atoms with van der Waals surface area (Å²) in [4.78, 5) is 17.7. The normalized spacial score (nSPS) is 11.1. The fourth-order valence-electron chi connectivity index (χ4n) is 2.93. The second-order valence-corrected chi connectivity index (χ2v) is 7.25. The SMILES string of the molecule is O=c1c2ccccc2nc(SCc2ccccc2F)n1Cc1ccc(F)cc1. The molecule has 4 rings (SSSR count). The molecule has 0 spiro atoms. The third-order valence-corrected chi connectivity index (χ3v) is 5.42. The number of fused-ring (bicyclic) bond motifs is 1. The number of hydrogen-bond donors (Lipinski definition) is 0. The number of thioether (sulfide) groups is 1. The van der Waals surface area contributed by atoms with E-state index in [0.717, 1.165) is 5.56 Å². The van der Waals surface area contributed by atoms with Crippen LogP contribution in [-0.2, 0) is 12.3 Å². The molecule has 0 fully saturated rings. The van der Waals surface area contributed by atoms with Gasteiger partial charge in [0.25, 0.3) is 5.56 Å². The summed E-state index contributed by atoms with van der Waals surface area (Å²) >= 11 is 1.30. The van der Waals surface area contributed by atoms with Crippen molar-refractivity contribution in [2.45, 2.75) is 17.5 Å². The van der Waals surface area contributed by atoms with Gasteiger partial charge in [0, 0.05) is 5.75 Å². The number of para-hydroxylation sites is 1. The van der Waals surface area contributed by atoms with Crippen LogP contribution in [-0.4, -0.2) is 9.55 Å². The van der Waals surface area contributed by atoms with Crippen LogP contribution >= 0.6 is 11.8 Å². The molecule has 0 saturated heterocycles. The van der Waals surface area contributed by atoms with Gasteiger partial charge in [-0.05, 0) is 41.5 Å². The van der Waals surface area contributed by atoms with Gasteiger partial charge in [-0.25, -0.2) is 13.8 Å². The molecule has 6 heteroatoms. The van der Waals surface area contributed by atoms with Crippen LogP contribution in [0.5, 0.6) is 0 Å². The van der Waals surface area contributed by atoms with Crippen molar-refractivity contribution < 1.29 is 8.78 Å². The molecule has 1 aromatic heterocycles. The fourth-order valence-corrected chi connectivity index (χ4v) is 3.91. The van der Waals surface area contributed by atoms with E-state index in [2.05, 4.69) is 4.98 Å². The molecule has 140 valence electrons. The van der Waals surface area contributed by atoms with Crippen LogP contribution in [0, 0.1) is 11.6 Å². The topological polar surface area (TPSA) is 34.9 Å². The number of aromatic nitrogens is 2. The lowest BCUT2D eigenvalue weighted by atomic mass is 10.2. The van der Waals surface area contributed by atoms with Crippen molar-refractivity contribution in [3.8, 4) is 0 Å². The number of rotatable bonds is 5. The molecule has 0 saturated carbocycles. The van der Waals surface area contributed by atoms with Gasteiger partial charge in [-0.2, -0.15) is 0 Å². The van der Waals surface area contributed by atoms with Crippen molar-refractivity contribution in [1.29, 1.82) is 0 Å². The Morgan fingerprint density at radius 3 is 2.39 bits per heavy atom. The Hall–Kier alpha value is -2.99. The lowest BCUT2D eigenvalue weighted by Gasteiger charge is -2.13. The molecule has 0 aliphatic heterocycles. The molecule has 3 nitrogen and oxygen atoms in total. The van der Waals surface area contributed by atoms with E-state index in [1.165, 1.54) is 30.0 Å². The van der Waals surface area contributed by atoms with Gasteiger partial charge in [0.1, 0.15) is 11.6 Å². The molecule has 0 bridgehead atoms. The molecule has 0 radical (unpaired) electrons. The lowest BCUT2D eigenvalue weighted by molar-refractivity contribution is 0.616. The van der Waals surface area contributed by atoms with Crippen molar-refractivity contribution >= 4 is 22.7 Å². The van der Waals surface area contributed by atoms with Crippen molar-refractivity contribution in [2.24, 2.45) is 0 Å². The zero-order valence-electron chi connectivity index (χ0n) is 14.8. The molecule has 0 unspecified atom stereocenters. The minimum absolute atomic E-state index is 0.175. The summed E-state index contributed by atoms with van der Waals surface area (Å²) in [5, 5.41) is 1.01. The van der Waals surface area contributed by atoms with E-state index in [-0.39, 0.29) is 23.7 Å². The summed E-state index contributed by atoms with van der Waals surface area (Å²) in [6.07, 6.45) is 0. The zero-order chi connectivity index (χ0) is 19.5. The summed E-state index contributed by atoms with van der Waals surface area (Å²) in [7, 11) is 0. The molecule has 0 aliphatic rings. The first kappa shape index (κ1) is 18.4. The van der Waals surface area contributed by atoms with Gasteiger partial charge in [-0.1, -0.05) is 54.2 Å². The van der Waals surface area contributed by atoms with Crippen LogP contribution in [0.3, 0.4) is 0 Å². The van der Waals surface area contributed by atoms with Crippen molar-refractivity contribution in [3.63, 3.8) is 0 Å². The number of hydrogen-bond acceptors (Lipinski definition) is 3. The Labute approximate surface area is 164 Å². The Morgan fingerprint density at radius 1 is 0.893 bits per heavy atom. The van der Waals surface area contributed by atoms with Gasteiger partial charge in [0.05, 0.1) is 17.4 Å². The quantitative estimate of drug-likeness (QED) is 0.352. The first-order valence-electron chi connectivity index (χ1n) is 8.72. The minimum atomic E-state index is -0.332. The zero-order valence-corrected chi connectivity index (χ0v) is 15.6. The summed E-state index contributed by atoms with van der Waals surface area (Å²) in [5.41, 5.74) is 1.75. The fraction of sp³-hybridized carbons (Fsp3) is 0.0909. The van der Waals surface area contributed by atoms with Crippen LogP contribution in [0.15, 0.2) is 82.7 Å². The van der Waals surface area contributed by atoms with Crippen LogP contribution in [0.4, 0.5) is 8.78 Å². The standard InChI is InChI=1S/C22H16F2N2OS/c23-17-11-9-15(10-12-17)13-26-21(27)18-6-2-4-8-20(18)25-22(26)28-14-16-5-1-3-7-19(16)24/h1-12H,13-14H2. The predicted octanol–water partition coefficient (Wildman–Crippen LogP) is 5.02. The van der Waals surface area contributed by atoms with E-state index in [1.54, 1.807) is 53.1 Å². The van der Waals surface area contributed by atoms with E-state index in [4.69, 9.17) is 0 Å². The summed E-state index contributed by atoms with van der Waals surface area (Å²) in [6.45, 7) is 0.260.